The standard InChI is InChI=1S/C16H18N2O5S2/c1-2-23-16(20)12-5-3-6-13(11-12)18-14(19)8-9-17-25(21,22)15-7-4-10-24-15/h3-7,10-11,17H,2,8-9H2,1H3,(H,18,19). The van der Waals surface area contributed by atoms with Crippen LogP contribution >= 0.6 is 11.3 Å². The van der Waals surface area contributed by atoms with Gasteiger partial charge >= 0.3 is 5.97 Å². The number of hydrogen-bond donors (Lipinski definition) is 2. The molecule has 0 spiro atoms. The monoisotopic (exact) mass is 382 g/mol. The Bertz CT molecular complexity index is 832. The van der Waals surface area contributed by atoms with E-state index in [-0.39, 0.29) is 29.7 Å². The molecule has 2 N–H and O–H groups in total. The molecule has 1 amide bonds. The summed E-state index contributed by atoms with van der Waals surface area (Å²) < 4.78 is 31.3. The van der Waals surface area contributed by atoms with Crippen LogP contribution in [0.4, 0.5) is 5.69 Å². The Morgan fingerprint density at radius 2 is 2.00 bits per heavy atom. The highest BCUT2D eigenvalue weighted by Gasteiger charge is 2.15. The fraction of sp³-hybridized carbons (Fsp3) is 0.250. The Kier molecular flexibility index (Phi) is 6.68. The molecular weight excluding hydrogens is 364 g/mol. The number of thiophene rings is 1. The third kappa shape index (κ3) is 5.66. The van der Waals surface area contributed by atoms with Crippen LogP contribution in [0.15, 0.2) is 46.0 Å². The fourth-order valence-corrected chi connectivity index (χ4v) is 4.02. The molecule has 0 aliphatic heterocycles. The molecular formula is C16H18N2O5S2. The van der Waals surface area contributed by atoms with E-state index in [2.05, 4.69) is 10.0 Å². The van der Waals surface area contributed by atoms with E-state index in [4.69, 9.17) is 4.74 Å². The Morgan fingerprint density at radius 3 is 2.68 bits per heavy atom. The lowest BCUT2D eigenvalue weighted by atomic mass is 10.2. The lowest BCUT2D eigenvalue weighted by Gasteiger charge is -2.08. The maximum atomic E-state index is 11.9. The number of hydrogen-bond acceptors (Lipinski definition) is 6. The Labute approximate surface area is 150 Å². The van der Waals surface area contributed by atoms with Gasteiger partial charge in [-0.2, -0.15) is 0 Å². The molecule has 0 saturated heterocycles. The lowest BCUT2D eigenvalue weighted by Crippen LogP contribution is -2.27. The van der Waals surface area contributed by atoms with Gasteiger partial charge in [0.05, 0.1) is 12.2 Å². The molecule has 9 heteroatoms. The van der Waals surface area contributed by atoms with Crippen LogP contribution in [-0.2, 0) is 19.6 Å². The van der Waals surface area contributed by atoms with E-state index < -0.39 is 16.0 Å². The van der Waals surface area contributed by atoms with Gasteiger partial charge in [-0.3, -0.25) is 4.79 Å². The molecule has 0 atom stereocenters. The van der Waals surface area contributed by atoms with Gasteiger partial charge in [-0.05, 0) is 36.6 Å². The van der Waals surface area contributed by atoms with Gasteiger partial charge in [0.25, 0.3) is 0 Å². The van der Waals surface area contributed by atoms with Gasteiger partial charge < -0.3 is 10.1 Å². The quantitative estimate of drug-likeness (QED) is 0.682. The van der Waals surface area contributed by atoms with Gasteiger partial charge in [-0.1, -0.05) is 12.1 Å². The first-order valence-corrected chi connectivity index (χ1v) is 9.89. The van der Waals surface area contributed by atoms with Crippen LogP contribution in [0.2, 0.25) is 0 Å². The van der Waals surface area contributed by atoms with E-state index in [1.54, 1.807) is 36.6 Å². The Balaban J connectivity index is 1.86. The SMILES string of the molecule is CCOC(=O)c1cccc(NC(=O)CCNS(=O)(=O)c2cccs2)c1. The molecule has 0 bridgehead atoms. The summed E-state index contributed by atoms with van der Waals surface area (Å²) in [5, 5.41) is 4.29. The van der Waals surface area contributed by atoms with Crippen molar-refractivity contribution < 1.29 is 22.7 Å². The minimum absolute atomic E-state index is 0.0242. The fourth-order valence-electron chi connectivity index (χ4n) is 1.95. The number of amides is 1. The van der Waals surface area contributed by atoms with Crippen molar-refractivity contribution in [2.45, 2.75) is 17.6 Å². The highest BCUT2D eigenvalue weighted by atomic mass is 32.2. The highest BCUT2D eigenvalue weighted by molar-refractivity contribution is 7.91. The maximum absolute atomic E-state index is 11.9. The van der Waals surface area contributed by atoms with Crippen molar-refractivity contribution in [3.05, 3.63) is 47.3 Å². The van der Waals surface area contributed by atoms with E-state index in [9.17, 15) is 18.0 Å². The van der Waals surface area contributed by atoms with Crippen LogP contribution in [0.1, 0.15) is 23.7 Å². The average Bonchev–Trinajstić information content (AvgIpc) is 3.10. The maximum Gasteiger partial charge on any atom is 0.338 e. The van der Waals surface area contributed by atoms with Crippen LogP contribution in [0.5, 0.6) is 0 Å². The zero-order valence-electron chi connectivity index (χ0n) is 13.5. The van der Waals surface area contributed by atoms with Crippen molar-refractivity contribution in [1.82, 2.24) is 4.72 Å². The van der Waals surface area contributed by atoms with E-state index in [0.717, 1.165) is 11.3 Å². The van der Waals surface area contributed by atoms with Crippen LogP contribution in [0.25, 0.3) is 0 Å². The highest BCUT2D eigenvalue weighted by Crippen LogP contribution is 2.15. The number of sulfonamides is 1. The molecule has 0 aliphatic carbocycles. The summed E-state index contributed by atoms with van der Waals surface area (Å²) in [5.41, 5.74) is 0.773. The third-order valence-corrected chi connectivity index (χ3v) is 5.92. The average molecular weight is 382 g/mol. The number of anilines is 1. The number of benzene rings is 1. The number of carbonyl (C=O) groups is 2. The van der Waals surface area contributed by atoms with Crippen molar-refractivity contribution in [1.29, 1.82) is 0 Å². The van der Waals surface area contributed by atoms with Crippen molar-refractivity contribution in [2.24, 2.45) is 0 Å². The molecule has 134 valence electrons. The first-order valence-electron chi connectivity index (χ1n) is 7.52. The van der Waals surface area contributed by atoms with Crippen LogP contribution < -0.4 is 10.0 Å². The largest absolute Gasteiger partial charge is 0.462 e. The summed E-state index contributed by atoms with van der Waals surface area (Å²) in [4.78, 5) is 23.6. The molecule has 25 heavy (non-hydrogen) atoms. The minimum atomic E-state index is -3.58. The van der Waals surface area contributed by atoms with Crippen molar-refractivity contribution in [3.63, 3.8) is 0 Å². The van der Waals surface area contributed by atoms with Gasteiger partial charge in [0.2, 0.25) is 15.9 Å². The van der Waals surface area contributed by atoms with Gasteiger partial charge in [-0.15, -0.1) is 11.3 Å². The first-order chi connectivity index (χ1) is 11.9. The zero-order valence-corrected chi connectivity index (χ0v) is 15.2. The van der Waals surface area contributed by atoms with E-state index in [0.29, 0.717) is 11.3 Å². The summed E-state index contributed by atoms with van der Waals surface area (Å²) in [6.45, 7) is 1.95. The van der Waals surface area contributed by atoms with Crippen LogP contribution in [0.3, 0.4) is 0 Å². The van der Waals surface area contributed by atoms with Crippen molar-refractivity contribution in [3.8, 4) is 0 Å². The van der Waals surface area contributed by atoms with E-state index in [1.165, 1.54) is 12.1 Å². The van der Waals surface area contributed by atoms with Crippen LogP contribution in [0, 0.1) is 0 Å². The molecule has 1 aromatic heterocycles. The zero-order chi connectivity index (χ0) is 18.3. The molecule has 7 nitrogen and oxygen atoms in total. The first kappa shape index (κ1) is 19.1. The van der Waals surface area contributed by atoms with Gasteiger partial charge in [-0.25, -0.2) is 17.9 Å². The molecule has 0 fully saturated rings. The van der Waals surface area contributed by atoms with E-state index in [1.807, 2.05) is 0 Å². The molecule has 0 unspecified atom stereocenters. The summed E-state index contributed by atoms with van der Waals surface area (Å²) in [6, 6.07) is 9.49. The summed E-state index contributed by atoms with van der Waals surface area (Å²) in [6.07, 6.45) is -0.0335. The van der Waals surface area contributed by atoms with Gasteiger partial charge in [0.15, 0.2) is 0 Å². The molecule has 1 aromatic carbocycles. The number of nitrogens with one attached hydrogen (secondary N) is 2. The second-order valence-electron chi connectivity index (χ2n) is 4.93. The molecule has 0 radical (unpaired) electrons. The predicted octanol–water partition coefficient (Wildman–Crippen LogP) is 2.23. The second-order valence-corrected chi connectivity index (χ2v) is 7.87. The second kappa shape index (κ2) is 8.75. The molecule has 0 saturated carbocycles. The lowest BCUT2D eigenvalue weighted by molar-refractivity contribution is -0.116. The summed E-state index contributed by atoms with van der Waals surface area (Å²) in [7, 11) is -3.58. The molecule has 1 heterocycles. The summed E-state index contributed by atoms with van der Waals surface area (Å²) >= 11 is 1.10. The van der Waals surface area contributed by atoms with Crippen LogP contribution in [-0.4, -0.2) is 33.4 Å². The predicted molar refractivity (Wildman–Crippen MR) is 95.2 cm³/mol. The number of rotatable bonds is 8. The minimum Gasteiger partial charge on any atom is -0.462 e. The Hall–Kier alpha value is -2.23. The smallest absolute Gasteiger partial charge is 0.338 e. The number of ether oxygens (including phenoxy) is 1. The van der Waals surface area contributed by atoms with E-state index >= 15 is 0 Å². The topological polar surface area (TPSA) is 102 Å². The Morgan fingerprint density at radius 1 is 1.20 bits per heavy atom. The third-order valence-electron chi connectivity index (χ3n) is 3.06. The van der Waals surface area contributed by atoms with Gasteiger partial charge in [0.1, 0.15) is 4.21 Å². The molecule has 2 rings (SSSR count). The molecule has 0 aliphatic rings. The molecule has 2 aromatic rings. The normalized spacial score (nSPS) is 11.1. The summed E-state index contributed by atoms with van der Waals surface area (Å²) in [5.74, 6) is -0.836. The van der Waals surface area contributed by atoms with Crippen molar-refractivity contribution >= 4 is 38.9 Å². The van der Waals surface area contributed by atoms with Crippen molar-refractivity contribution in [2.75, 3.05) is 18.5 Å². The number of esters is 1. The van der Waals surface area contributed by atoms with Gasteiger partial charge in [0, 0.05) is 18.7 Å². The number of carbonyl (C=O) groups excluding carboxylic acids is 2.